The molecule has 202 valence electrons. The predicted molar refractivity (Wildman–Crippen MR) is 138 cm³/mol. The molecule has 0 saturated carbocycles. The van der Waals surface area contributed by atoms with E-state index in [2.05, 4.69) is 9.80 Å². The maximum Gasteiger partial charge on any atom is 0.409 e. The zero-order chi connectivity index (χ0) is 26.8. The second-order valence-corrected chi connectivity index (χ2v) is 10.0. The number of non-ortho nitro benzene ring substituents is 1. The summed E-state index contributed by atoms with van der Waals surface area (Å²) in [6.07, 6.45) is 0.0489. The maximum absolute atomic E-state index is 13.9. The number of ether oxygens (including phenoxy) is 1. The van der Waals surface area contributed by atoms with Gasteiger partial charge in [-0.05, 0) is 42.7 Å². The van der Waals surface area contributed by atoms with Crippen LogP contribution in [0.15, 0.2) is 42.5 Å². The van der Waals surface area contributed by atoms with E-state index < -0.39 is 4.92 Å². The molecule has 0 N–H and O–H groups in total. The van der Waals surface area contributed by atoms with Crippen molar-refractivity contribution in [3.8, 4) is 0 Å². The van der Waals surface area contributed by atoms with Crippen LogP contribution in [0.25, 0.3) is 0 Å². The van der Waals surface area contributed by atoms with Crippen molar-refractivity contribution in [2.75, 3.05) is 57.3 Å². The summed E-state index contributed by atoms with van der Waals surface area (Å²) in [4.78, 5) is 45.0. The van der Waals surface area contributed by atoms with E-state index in [4.69, 9.17) is 4.74 Å². The predicted octanol–water partition coefficient (Wildman–Crippen LogP) is 2.90. The summed E-state index contributed by atoms with van der Waals surface area (Å²) >= 11 is 0. The number of nitrogens with zero attached hydrogens (tertiary/aromatic N) is 5. The first-order valence-corrected chi connectivity index (χ1v) is 13.0. The third-order valence-corrected chi connectivity index (χ3v) is 7.74. The number of rotatable bonds is 5. The number of carbonyl (C=O) groups is 2. The Morgan fingerprint density at radius 1 is 1.03 bits per heavy atom. The van der Waals surface area contributed by atoms with Gasteiger partial charge in [0, 0.05) is 70.2 Å². The lowest BCUT2D eigenvalue weighted by atomic mass is 9.82. The molecular weight excluding hydrogens is 493 g/mol. The largest absolute Gasteiger partial charge is 0.450 e. The second-order valence-electron chi connectivity index (χ2n) is 10.0. The van der Waals surface area contributed by atoms with E-state index in [1.807, 2.05) is 0 Å². The molecule has 38 heavy (non-hydrogen) atoms. The number of benzene rings is 2. The molecular formula is C27H32FN5O5. The van der Waals surface area contributed by atoms with Crippen LogP contribution in [0.1, 0.15) is 18.1 Å². The number of nitro groups is 1. The zero-order valence-corrected chi connectivity index (χ0v) is 21.4. The van der Waals surface area contributed by atoms with Crippen LogP contribution in [0.5, 0.6) is 0 Å². The minimum atomic E-state index is -0.404. The Hall–Kier alpha value is -3.73. The number of nitro benzene ring substituents is 1. The van der Waals surface area contributed by atoms with Crippen LogP contribution in [0.2, 0.25) is 0 Å². The lowest BCUT2D eigenvalue weighted by Crippen LogP contribution is -2.62. The molecule has 5 rings (SSSR count). The molecule has 0 bridgehead atoms. The van der Waals surface area contributed by atoms with Gasteiger partial charge >= 0.3 is 6.09 Å². The van der Waals surface area contributed by atoms with Gasteiger partial charge in [-0.3, -0.25) is 19.8 Å². The van der Waals surface area contributed by atoms with Gasteiger partial charge in [-0.1, -0.05) is 12.1 Å². The lowest BCUT2D eigenvalue weighted by Gasteiger charge is -2.50. The molecule has 3 aliphatic heterocycles. The second kappa shape index (κ2) is 10.9. The number of hydrogen-bond donors (Lipinski definition) is 0. The maximum atomic E-state index is 13.9. The van der Waals surface area contributed by atoms with Crippen molar-refractivity contribution in [2.24, 2.45) is 5.92 Å². The number of fused-ring (bicyclic) bond motifs is 3. The highest BCUT2D eigenvalue weighted by molar-refractivity contribution is 5.83. The monoisotopic (exact) mass is 525 g/mol. The molecule has 0 spiro atoms. The third kappa shape index (κ3) is 5.28. The van der Waals surface area contributed by atoms with Gasteiger partial charge in [0.1, 0.15) is 5.82 Å². The van der Waals surface area contributed by atoms with Crippen molar-refractivity contribution in [1.82, 2.24) is 14.7 Å². The molecule has 11 heteroatoms. The third-order valence-electron chi connectivity index (χ3n) is 7.74. The number of carbonyl (C=O) groups excluding carboxylic acids is 2. The topological polar surface area (TPSA) is 99.5 Å². The average molecular weight is 526 g/mol. The molecule has 2 fully saturated rings. The number of anilines is 1. The fraction of sp³-hybridized carbons (Fsp3) is 0.481. The van der Waals surface area contributed by atoms with E-state index in [0.717, 1.165) is 23.4 Å². The molecule has 3 aliphatic rings. The van der Waals surface area contributed by atoms with Gasteiger partial charge < -0.3 is 19.4 Å². The summed E-state index contributed by atoms with van der Waals surface area (Å²) in [7, 11) is 0. The number of amides is 2. The van der Waals surface area contributed by atoms with E-state index in [1.54, 1.807) is 41.0 Å². The van der Waals surface area contributed by atoms with Gasteiger partial charge in [-0.25, -0.2) is 9.18 Å². The van der Waals surface area contributed by atoms with Gasteiger partial charge in [0.2, 0.25) is 5.91 Å². The van der Waals surface area contributed by atoms with Gasteiger partial charge in [0.15, 0.2) is 0 Å². The highest BCUT2D eigenvalue weighted by atomic mass is 19.1. The van der Waals surface area contributed by atoms with Crippen molar-refractivity contribution < 1.29 is 23.6 Å². The Balaban J connectivity index is 1.37. The van der Waals surface area contributed by atoms with Gasteiger partial charge in [0.25, 0.3) is 5.69 Å². The smallest absolute Gasteiger partial charge is 0.409 e. The van der Waals surface area contributed by atoms with Crippen molar-refractivity contribution in [3.05, 3.63) is 69.5 Å². The van der Waals surface area contributed by atoms with Crippen LogP contribution in [0, 0.1) is 21.8 Å². The van der Waals surface area contributed by atoms with Gasteiger partial charge in [-0.2, -0.15) is 0 Å². The minimum absolute atomic E-state index is 0.00398. The molecule has 2 aromatic rings. The van der Waals surface area contributed by atoms with Gasteiger partial charge in [-0.15, -0.1) is 0 Å². The highest BCUT2D eigenvalue weighted by Gasteiger charge is 2.43. The van der Waals surface area contributed by atoms with Gasteiger partial charge in [0.05, 0.1) is 23.5 Å². The molecule has 2 aromatic carbocycles. The Labute approximate surface area is 220 Å². The van der Waals surface area contributed by atoms with Crippen LogP contribution < -0.4 is 4.90 Å². The molecule has 0 aromatic heterocycles. The molecule has 0 radical (unpaired) electrons. The fourth-order valence-electron chi connectivity index (χ4n) is 5.82. The lowest BCUT2D eigenvalue weighted by molar-refractivity contribution is -0.384. The van der Waals surface area contributed by atoms with E-state index >= 15 is 0 Å². The summed E-state index contributed by atoms with van der Waals surface area (Å²) in [6.45, 7) is 6.44. The Kier molecular flexibility index (Phi) is 7.46. The van der Waals surface area contributed by atoms with Crippen LogP contribution in [-0.2, 0) is 22.5 Å². The Bertz CT molecular complexity index is 1200. The van der Waals surface area contributed by atoms with Crippen molar-refractivity contribution in [3.63, 3.8) is 0 Å². The summed E-state index contributed by atoms with van der Waals surface area (Å²) in [5, 5.41) is 11.4. The van der Waals surface area contributed by atoms with Crippen molar-refractivity contribution >= 4 is 23.4 Å². The Morgan fingerprint density at radius 2 is 1.74 bits per heavy atom. The first-order chi connectivity index (χ1) is 18.3. The van der Waals surface area contributed by atoms with Crippen LogP contribution >= 0.6 is 0 Å². The van der Waals surface area contributed by atoms with E-state index in [1.165, 1.54) is 18.2 Å². The molecule has 0 aliphatic carbocycles. The summed E-state index contributed by atoms with van der Waals surface area (Å²) in [5.74, 6) is -0.649. The standard InChI is InChI=1S/C27H32FN5O5/c1-2-38-27(35)31-12-10-30(11-13-31)26(34)23-16-20-15-22(33(36)37)7-8-24(20)32-14-9-29(18-25(23)32)17-19-3-5-21(28)6-4-19/h3-8,15,23,25H,2,9-14,16-18H2,1H3/t23-,25+/m1/s1. The van der Waals surface area contributed by atoms with E-state index in [0.29, 0.717) is 58.8 Å². The number of halogens is 1. The summed E-state index contributed by atoms with van der Waals surface area (Å²) in [5.41, 5.74) is 2.78. The normalized spacial score (nSPS) is 21.5. The molecule has 0 unspecified atom stereocenters. The fourth-order valence-corrected chi connectivity index (χ4v) is 5.82. The molecule has 10 nitrogen and oxygen atoms in total. The molecule has 3 heterocycles. The van der Waals surface area contributed by atoms with Crippen molar-refractivity contribution in [2.45, 2.75) is 25.9 Å². The van der Waals surface area contributed by atoms with Crippen LogP contribution in [-0.4, -0.2) is 90.1 Å². The number of piperazine rings is 2. The van der Waals surface area contributed by atoms with Crippen LogP contribution in [0.4, 0.5) is 20.6 Å². The number of hydrogen-bond acceptors (Lipinski definition) is 7. The quantitative estimate of drug-likeness (QED) is 0.437. The Morgan fingerprint density at radius 3 is 2.42 bits per heavy atom. The van der Waals surface area contributed by atoms with E-state index in [-0.39, 0.29) is 35.5 Å². The first-order valence-electron chi connectivity index (χ1n) is 13.0. The van der Waals surface area contributed by atoms with Crippen molar-refractivity contribution in [1.29, 1.82) is 0 Å². The molecule has 2 amide bonds. The average Bonchev–Trinajstić information content (AvgIpc) is 2.93. The highest BCUT2D eigenvalue weighted by Crippen LogP contribution is 2.38. The molecule has 2 saturated heterocycles. The van der Waals surface area contributed by atoms with E-state index in [9.17, 15) is 24.1 Å². The summed E-state index contributed by atoms with van der Waals surface area (Å²) < 4.78 is 18.5. The minimum Gasteiger partial charge on any atom is -0.450 e. The first kappa shape index (κ1) is 25.9. The van der Waals surface area contributed by atoms with Crippen LogP contribution in [0.3, 0.4) is 0 Å². The summed E-state index contributed by atoms with van der Waals surface area (Å²) in [6, 6.07) is 11.3. The molecule has 2 atom stereocenters. The SMILES string of the molecule is CCOC(=O)N1CCN(C(=O)[C@@H]2Cc3cc([N+](=O)[O-])ccc3N3CCN(Cc4ccc(F)cc4)C[C@@H]23)CC1. The zero-order valence-electron chi connectivity index (χ0n) is 21.4.